The molecule has 0 aliphatic carbocycles. The minimum atomic E-state index is 0.551. The number of hydrogen-bond donors (Lipinski definition) is 0. The number of thiazole rings is 1. The second-order valence-electron chi connectivity index (χ2n) is 7.52. The van der Waals surface area contributed by atoms with Crippen molar-refractivity contribution < 1.29 is 0 Å². The molecule has 1 saturated heterocycles. The van der Waals surface area contributed by atoms with Crippen LogP contribution >= 0.6 is 22.9 Å². The van der Waals surface area contributed by atoms with Crippen molar-refractivity contribution in [2.75, 3.05) is 39.8 Å². The zero-order valence-corrected chi connectivity index (χ0v) is 18.3. The lowest BCUT2D eigenvalue weighted by atomic mass is 10.1. The number of fused-ring (bicyclic) bond motifs is 1. The lowest BCUT2D eigenvalue weighted by Gasteiger charge is -2.32. The Kier molecular flexibility index (Phi) is 5.47. The quantitative estimate of drug-likeness (QED) is 0.474. The Morgan fingerprint density at radius 2 is 1.80 bits per heavy atom. The molecule has 3 aromatic heterocycles. The van der Waals surface area contributed by atoms with E-state index in [1.165, 1.54) is 11.3 Å². The van der Waals surface area contributed by atoms with Crippen molar-refractivity contribution in [1.82, 2.24) is 34.8 Å². The first-order valence-electron chi connectivity index (χ1n) is 9.98. The molecule has 0 radical (unpaired) electrons. The first-order valence-corrected chi connectivity index (χ1v) is 11.3. The number of rotatable bonds is 5. The monoisotopic (exact) mass is 439 g/mol. The SMILES string of the molecule is CN1CCN(CCn2nc(-c3ccccc3)c3c(Cl)c(-c4cscn4)nnc32)CC1. The molecular weight excluding hydrogens is 418 g/mol. The number of piperazine rings is 1. The number of hydrogen-bond acceptors (Lipinski definition) is 7. The van der Waals surface area contributed by atoms with Crippen molar-refractivity contribution in [2.45, 2.75) is 6.54 Å². The third-order valence-electron chi connectivity index (χ3n) is 5.54. The van der Waals surface area contributed by atoms with Gasteiger partial charge in [-0.25, -0.2) is 9.67 Å². The van der Waals surface area contributed by atoms with E-state index < -0.39 is 0 Å². The molecule has 9 heteroatoms. The van der Waals surface area contributed by atoms with E-state index in [0.29, 0.717) is 16.4 Å². The molecule has 1 aliphatic rings. The Morgan fingerprint density at radius 3 is 2.53 bits per heavy atom. The molecule has 4 aromatic rings. The summed E-state index contributed by atoms with van der Waals surface area (Å²) in [6.45, 7) is 6.00. The molecule has 1 fully saturated rings. The first kappa shape index (κ1) is 19.6. The molecule has 7 nitrogen and oxygen atoms in total. The Hall–Kier alpha value is -2.39. The molecule has 5 rings (SSSR count). The van der Waals surface area contributed by atoms with Gasteiger partial charge in [0.05, 0.1) is 22.5 Å². The van der Waals surface area contributed by atoms with Gasteiger partial charge in [-0.05, 0) is 7.05 Å². The zero-order chi connectivity index (χ0) is 20.5. The maximum Gasteiger partial charge on any atom is 0.182 e. The van der Waals surface area contributed by atoms with E-state index in [4.69, 9.17) is 16.7 Å². The second-order valence-corrected chi connectivity index (χ2v) is 8.61. The van der Waals surface area contributed by atoms with Crippen LogP contribution in [0.25, 0.3) is 33.7 Å². The highest BCUT2D eigenvalue weighted by molar-refractivity contribution is 7.07. The Balaban J connectivity index is 1.55. The van der Waals surface area contributed by atoms with Gasteiger partial charge >= 0.3 is 0 Å². The number of benzene rings is 1. The third-order valence-corrected chi connectivity index (χ3v) is 6.50. The molecule has 0 amide bonds. The number of halogens is 1. The van der Waals surface area contributed by atoms with Gasteiger partial charge in [-0.15, -0.1) is 21.5 Å². The molecule has 0 spiro atoms. The summed E-state index contributed by atoms with van der Waals surface area (Å²) in [4.78, 5) is 9.19. The zero-order valence-electron chi connectivity index (χ0n) is 16.7. The molecule has 0 bridgehead atoms. The first-order chi connectivity index (χ1) is 14.7. The van der Waals surface area contributed by atoms with Crippen LogP contribution in [-0.2, 0) is 6.54 Å². The van der Waals surface area contributed by atoms with E-state index in [0.717, 1.165) is 61.6 Å². The molecule has 154 valence electrons. The molecule has 4 heterocycles. The Bertz CT molecular complexity index is 1140. The minimum Gasteiger partial charge on any atom is -0.304 e. The van der Waals surface area contributed by atoms with E-state index in [-0.39, 0.29) is 0 Å². The fourth-order valence-electron chi connectivity index (χ4n) is 3.77. The lowest BCUT2D eigenvalue weighted by Crippen LogP contribution is -2.45. The number of aromatic nitrogens is 5. The maximum atomic E-state index is 6.86. The van der Waals surface area contributed by atoms with Crippen LogP contribution in [0.5, 0.6) is 0 Å². The van der Waals surface area contributed by atoms with E-state index in [2.05, 4.69) is 32.0 Å². The largest absolute Gasteiger partial charge is 0.304 e. The van der Waals surface area contributed by atoms with Crippen molar-refractivity contribution >= 4 is 34.0 Å². The van der Waals surface area contributed by atoms with Crippen molar-refractivity contribution in [2.24, 2.45) is 0 Å². The van der Waals surface area contributed by atoms with Crippen LogP contribution in [0.1, 0.15) is 0 Å². The smallest absolute Gasteiger partial charge is 0.182 e. The normalized spacial score (nSPS) is 15.8. The molecule has 1 aromatic carbocycles. The topological polar surface area (TPSA) is 63.0 Å². The van der Waals surface area contributed by atoms with Gasteiger partial charge in [0.25, 0.3) is 0 Å². The lowest BCUT2D eigenvalue weighted by molar-refractivity contribution is 0.149. The summed E-state index contributed by atoms with van der Waals surface area (Å²) in [7, 11) is 2.17. The van der Waals surface area contributed by atoms with Crippen molar-refractivity contribution in [3.8, 4) is 22.6 Å². The van der Waals surface area contributed by atoms with Crippen LogP contribution in [-0.4, -0.2) is 74.5 Å². The fourth-order valence-corrected chi connectivity index (χ4v) is 4.62. The highest BCUT2D eigenvalue weighted by Gasteiger charge is 2.22. The van der Waals surface area contributed by atoms with Crippen LogP contribution in [0.15, 0.2) is 41.2 Å². The van der Waals surface area contributed by atoms with Gasteiger partial charge in [0.15, 0.2) is 5.65 Å². The summed E-state index contributed by atoms with van der Waals surface area (Å²) in [5, 5.41) is 17.2. The van der Waals surface area contributed by atoms with Gasteiger partial charge in [0.1, 0.15) is 17.1 Å². The average Bonchev–Trinajstić information content (AvgIpc) is 3.43. The summed E-state index contributed by atoms with van der Waals surface area (Å²) >= 11 is 8.37. The maximum absolute atomic E-state index is 6.86. The van der Waals surface area contributed by atoms with Crippen LogP contribution in [0.2, 0.25) is 5.02 Å². The standard InChI is InChI=1S/C21H22ClN7S/c1-27-7-9-28(10-8-27)11-12-29-21-17(19(26-29)15-5-3-2-4-6-15)18(22)20(24-25-21)16-13-30-14-23-16/h2-6,13-14H,7-12H2,1H3. The van der Waals surface area contributed by atoms with E-state index in [1.807, 2.05) is 40.4 Å². The molecule has 0 atom stereocenters. The van der Waals surface area contributed by atoms with Crippen LogP contribution in [0.4, 0.5) is 0 Å². The average molecular weight is 440 g/mol. The van der Waals surface area contributed by atoms with Gasteiger partial charge in [0.2, 0.25) is 0 Å². The number of nitrogens with zero attached hydrogens (tertiary/aromatic N) is 7. The summed E-state index contributed by atoms with van der Waals surface area (Å²) in [5.74, 6) is 0. The summed E-state index contributed by atoms with van der Waals surface area (Å²) in [5.41, 5.74) is 5.67. The molecular formula is C21H22ClN7S. The molecule has 0 unspecified atom stereocenters. The third kappa shape index (κ3) is 3.72. The highest BCUT2D eigenvalue weighted by Crippen LogP contribution is 2.37. The molecule has 0 N–H and O–H groups in total. The van der Waals surface area contributed by atoms with Gasteiger partial charge in [-0.2, -0.15) is 5.10 Å². The van der Waals surface area contributed by atoms with Gasteiger partial charge < -0.3 is 4.90 Å². The molecule has 0 saturated carbocycles. The van der Waals surface area contributed by atoms with Crippen LogP contribution in [0, 0.1) is 0 Å². The van der Waals surface area contributed by atoms with E-state index >= 15 is 0 Å². The summed E-state index contributed by atoms with van der Waals surface area (Å²) < 4.78 is 1.94. The summed E-state index contributed by atoms with van der Waals surface area (Å²) in [6, 6.07) is 10.1. The van der Waals surface area contributed by atoms with E-state index in [9.17, 15) is 0 Å². The van der Waals surface area contributed by atoms with Crippen LogP contribution in [0.3, 0.4) is 0 Å². The minimum absolute atomic E-state index is 0.551. The van der Waals surface area contributed by atoms with Gasteiger partial charge in [-0.3, -0.25) is 4.90 Å². The van der Waals surface area contributed by atoms with Gasteiger partial charge in [0, 0.05) is 43.7 Å². The summed E-state index contributed by atoms with van der Waals surface area (Å²) in [6.07, 6.45) is 0. The van der Waals surface area contributed by atoms with Crippen molar-refractivity contribution in [1.29, 1.82) is 0 Å². The van der Waals surface area contributed by atoms with E-state index in [1.54, 1.807) is 5.51 Å². The predicted octanol–water partition coefficient (Wildman–Crippen LogP) is 3.52. The second kappa shape index (κ2) is 8.39. The molecule has 30 heavy (non-hydrogen) atoms. The highest BCUT2D eigenvalue weighted by atomic mass is 35.5. The fraction of sp³-hybridized carbons (Fsp3) is 0.333. The number of likely N-dealkylation sites (N-methyl/N-ethyl adjacent to an activating group) is 1. The van der Waals surface area contributed by atoms with Crippen LogP contribution < -0.4 is 0 Å². The Labute approximate surface area is 183 Å². The Morgan fingerprint density at radius 1 is 1.00 bits per heavy atom. The van der Waals surface area contributed by atoms with Crippen molar-refractivity contribution in [3.05, 3.63) is 46.2 Å². The van der Waals surface area contributed by atoms with Crippen molar-refractivity contribution in [3.63, 3.8) is 0 Å². The molecule has 1 aliphatic heterocycles. The predicted molar refractivity (Wildman–Crippen MR) is 121 cm³/mol. The van der Waals surface area contributed by atoms with Gasteiger partial charge in [-0.1, -0.05) is 41.9 Å².